The highest BCUT2D eigenvalue weighted by Crippen LogP contribution is 2.20. The van der Waals surface area contributed by atoms with Crippen molar-refractivity contribution in [2.45, 2.75) is 44.6 Å². The average Bonchev–Trinajstić information content (AvgIpc) is 2.84. The van der Waals surface area contributed by atoms with Crippen LogP contribution in [-0.2, 0) is 16.0 Å². The molecule has 2 heterocycles. The van der Waals surface area contributed by atoms with Crippen molar-refractivity contribution in [3.63, 3.8) is 0 Å². The van der Waals surface area contributed by atoms with Crippen molar-refractivity contribution in [3.8, 4) is 0 Å². The molecule has 1 aliphatic rings. The summed E-state index contributed by atoms with van der Waals surface area (Å²) in [7, 11) is 2.12. The largest absolute Gasteiger partial charge is 0.369 e. The molecule has 1 fully saturated rings. The monoisotopic (exact) mass is 310 g/mol. The third-order valence-corrected chi connectivity index (χ3v) is 4.59. The summed E-state index contributed by atoms with van der Waals surface area (Å²) in [5.41, 5.74) is 5.72. The number of carbonyl (C=O) groups is 2. The molecule has 21 heavy (non-hydrogen) atoms. The van der Waals surface area contributed by atoms with E-state index in [0.717, 1.165) is 13.0 Å². The second kappa shape index (κ2) is 7.51. The molecule has 2 amide bonds. The van der Waals surface area contributed by atoms with Crippen molar-refractivity contribution in [3.05, 3.63) is 11.1 Å². The van der Waals surface area contributed by atoms with Gasteiger partial charge in [0.15, 0.2) is 5.13 Å². The van der Waals surface area contributed by atoms with E-state index >= 15 is 0 Å². The van der Waals surface area contributed by atoms with Gasteiger partial charge in [0.2, 0.25) is 11.8 Å². The predicted octanol–water partition coefficient (Wildman–Crippen LogP) is 1.37. The molecule has 0 aliphatic carbocycles. The normalized spacial score (nSPS) is 19.4. The molecule has 0 saturated carbocycles. The van der Waals surface area contributed by atoms with Crippen LogP contribution in [0.5, 0.6) is 0 Å². The van der Waals surface area contributed by atoms with Crippen molar-refractivity contribution in [1.29, 1.82) is 0 Å². The van der Waals surface area contributed by atoms with Gasteiger partial charge in [-0.3, -0.25) is 9.59 Å². The Morgan fingerprint density at radius 2 is 2.33 bits per heavy atom. The number of primary amides is 1. The Kier molecular flexibility index (Phi) is 5.69. The van der Waals surface area contributed by atoms with E-state index in [4.69, 9.17) is 5.73 Å². The Balaban J connectivity index is 1.76. The highest BCUT2D eigenvalue weighted by Gasteiger charge is 2.19. The second-order valence-electron chi connectivity index (χ2n) is 5.50. The van der Waals surface area contributed by atoms with Gasteiger partial charge in [0.25, 0.3) is 0 Å². The number of carbonyl (C=O) groups excluding carboxylic acids is 2. The van der Waals surface area contributed by atoms with Crippen molar-refractivity contribution in [1.82, 2.24) is 9.88 Å². The molecule has 1 atom stereocenters. The standard InChI is InChI=1S/C14H22N4O2S/c1-18-7-3-2-4-11(18)5-6-13(20)17-14-16-10(9-21-14)8-12(15)19/h9,11H,2-8H2,1H3,(H2,15,19)(H,16,17,20). The fraction of sp³-hybridized carbons (Fsp3) is 0.643. The van der Waals surface area contributed by atoms with Crippen molar-refractivity contribution < 1.29 is 9.59 Å². The Morgan fingerprint density at radius 3 is 3.05 bits per heavy atom. The SMILES string of the molecule is CN1CCCCC1CCC(=O)Nc1nc(CC(N)=O)cs1. The Bertz CT molecular complexity index is 503. The van der Waals surface area contributed by atoms with Crippen LogP contribution in [0.4, 0.5) is 5.13 Å². The van der Waals surface area contributed by atoms with Crippen molar-refractivity contribution in [2.24, 2.45) is 5.73 Å². The summed E-state index contributed by atoms with van der Waals surface area (Å²) in [4.78, 5) is 29.3. The summed E-state index contributed by atoms with van der Waals surface area (Å²) in [5, 5.41) is 5.07. The number of rotatable bonds is 6. The molecule has 3 N–H and O–H groups in total. The van der Waals surface area contributed by atoms with Gasteiger partial charge in [-0.25, -0.2) is 4.98 Å². The maximum Gasteiger partial charge on any atom is 0.226 e. The van der Waals surface area contributed by atoms with E-state index in [1.165, 1.54) is 30.6 Å². The van der Waals surface area contributed by atoms with Crippen molar-refractivity contribution in [2.75, 3.05) is 18.9 Å². The van der Waals surface area contributed by atoms with Gasteiger partial charge >= 0.3 is 0 Å². The molecule has 6 nitrogen and oxygen atoms in total. The molecule has 0 aromatic carbocycles. The number of nitrogens with zero attached hydrogens (tertiary/aromatic N) is 2. The molecule has 0 bridgehead atoms. The average molecular weight is 310 g/mol. The first-order valence-electron chi connectivity index (χ1n) is 7.27. The highest BCUT2D eigenvalue weighted by atomic mass is 32.1. The number of thiazole rings is 1. The lowest BCUT2D eigenvalue weighted by Crippen LogP contribution is -2.36. The Hall–Kier alpha value is -1.47. The van der Waals surface area contributed by atoms with E-state index in [1.807, 2.05) is 0 Å². The molecule has 1 aromatic rings. The van der Waals surface area contributed by atoms with Gasteiger partial charge in [-0.15, -0.1) is 11.3 Å². The third-order valence-electron chi connectivity index (χ3n) is 3.78. The molecule has 1 aliphatic heterocycles. The molecule has 0 radical (unpaired) electrons. The number of anilines is 1. The molecule has 116 valence electrons. The number of amides is 2. The first kappa shape index (κ1) is 15.9. The minimum atomic E-state index is -0.418. The lowest BCUT2D eigenvalue weighted by atomic mass is 9.98. The molecule has 7 heteroatoms. The lowest BCUT2D eigenvalue weighted by molar-refractivity contribution is -0.117. The van der Waals surface area contributed by atoms with Gasteiger partial charge < -0.3 is 16.0 Å². The van der Waals surface area contributed by atoms with E-state index in [1.54, 1.807) is 5.38 Å². The van der Waals surface area contributed by atoms with Crippen LogP contribution in [0.2, 0.25) is 0 Å². The smallest absolute Gasteiger partial charge is 0.226 e. The summed E-state index contributed by atoms with van der Waals surface area (Å²) >= 11 is 1.32. The first-order valence-corrected chi connectivity index (χ1v) is 8.15. The summed E-state index contributed by atoms with van der Waals surface area (Å²) in [5.74, 6) is -0.438. The van der Waals surface area contributed by atoms with Crippen molar-refractivity contribution >= 4 is 28.3 Å². The number of hydrogen-bond donors (Lipinski definition) is 2. The highest BCUT2D eigenvalue weighted by molar-refractivity contribution is 7.13. The summed E-state index contributed by atoms with van der Waals surface area (Å²) < 4.78 is 0. The maximum absolute atomic E-state index is 11.9. The zero-order valence-electron chi connectivity index (χ0n) is 12.3. The van der Waals surface area contributed by atoms with Gasteiger partial charge in [-0.1, -0.05) is 6.42 Å². The lowest BCUT2D eigenvalue weighted by Gasteiger charge is -2.32. The van der Waals surface area contributed by atoms with Gasteiger partial charge in [0, 0.05) is 17.8 Å². The maximum atomic E-state index is 11.9. The molecule has 1 saturated heterocycles. The van der Waals surface area contributed by atoms with E-state index in [-0.39, 0.29) is 12.3 Å². The Labute approximate surface area is 128 Å². The van der Waals surface area contributed by atoms with Crippen LogP contribution in [0.1, 0.15) is 37.8 Å². The fourth-order valence-electron chi connectivity index (χ4n) is 2.61. The van der Waals surface area contributed by atoms with E-state index in [9.17, 15) is 9.59 Å². The minimum absolute atomic E-state index is 0.0195. The molecular formula is C14H22N4O2S. The fourth-order valence-corrected chi connectivity index (χ4v) is 3.34. The zero-order valence-corrected chi connectivity index (χ0v) is 13.1. The molecule has 1 aromatic heterocycles. The zero-order chi connectivity index (χ0) is 15.2. The van der Waals surface area contributed by atoms with Crippen LogP contribution in [0.3, 0.4) is 0 Å². The van der Waals surface area contributed by atoms with E-state index in [2.05, 4.69) is 22.2 Å². The van der Waals surface area contributed by atoms with Crippen LogP contribution in [0, 0.1) is 0 Å². The number of nitrogens with two attached hydrogens (primary N) is 1. The number of likely N-dealkylation sites (tertiary alicyclic amines) is 1. The quantitative estimate of drug-likeness (QED) is 0.830. The third kappa shape index (κ3) is 5.09. The van der Waals surface area contributed by atoms with Gasteiger partial charge in [-0.2, -0.15) is 0 Å². The Morgan fingerprint density at radius 1 is 1.52 bits per heavy atom. The summed E-state index contributed by atoms with van der Waals surface area (Å²) in [6.07, 6.45) is 5.16. The van der Waals surface area contributed by atoms with Crippen LogP contribution < -0.4 is 11.1 Å². The number of aromatic nitrogens is 1. The van der Waals surface area contributed by atoms with E-state index in [0.29, 0.717) is 23.3 Å². The van der Waals surface area contributed by atoms with E-state index < -0.39 is 5.91 Å². The molecule has 2 rings (SSSR count). The van der Waals surface area contributed by atoms with Crippen LogP contribution >= 0.6 is 11.3 Å². The van der Waals surface area contributed by atoms with Crippen LogP contribution in [-0.4, -0.2) is 41.3 Å². The van der Waals surface area contributed by atoms with Gasteiger partial charge in [-0.05, 0) is 32.9 Å². The van der Waals surface area contributed by atoms with Crippen LogP contribution in [0.15, 0.2) is 5.38 Å². The topological polar surface area (TPSA) is 88.3 Å². The number of piperidine rings is 1. The first-order chi connectivity index (χ1) is 10.0. The second-order valence-corrected chi connectivity index (χ2v) is 6.36. The predicted molar refractivity (Wildman–Crippen MR) is 83.1 cm³/mol. The van der Waals surface area contributed by atoms with Gasteiger partial charge in [0.05, 0.1) is 12.1 Å². The molecular weight excluding hydrogens is 288 g/mol. The molecule has 0 spiro atoms. The number of nitrogens with one attached hydrogen (secondary N) is 1. The van der Waals surface area contributed by atoms with Gasteiger partial charge in [0.1, 0.15) is 0 Å². The molecule has 1 unspecified atom stereocenters. The summed E-state index contributed by atoms with van der Waals surface area (Å²) in [6, 6.07) is 0.506. The van der Waals surface area contributed by atoms with Crippen LogP contribution in [0.25, 0.3) is 0 Å². The minimum Gasteiger partial charge on any atom is -0.369 e. The summed E-state index contributed by atoms with van der Waals surface area (Å²) in [6.45, 7) is 1.12. The number of hydrogen-bond acceptors (Lipinski definition) is 5.